The number of amides is 2. The molecule has 0 aliphatic carbocycles. The molecule has 0 saturated carbocycles. The maximum atomic E-state index is 11.4. The first-order chi connectivity index (χ1) is 8.42. The molecule has 0 rings (SSSR count). The van der Waals surface area contributed by atoms with E-state index in [4.69, 9.17) is 21.7 Å². The Labute approximate surface area is 104 Å². The molecule has 0 atom stereocenters. The number of carbonyl (C=O) groups is 3. The van der Waals surface area contributed by atoms with Gasteiger partial charge >= 0.3 is 0 Å². The molecule has 2 amide bonds. The Morgan fingerprint density at radius 1 is 0.833 bits per heavy atom. The average Bonchev–Trinajstić information content (AvgIpc) is 2.29. The van der Waals surface area contributed by atoms with Gasteiger partial charge in [-0.1, -0.05) is 12.2 Å². The van der Waals surface area contributed by atoms with E-state index in [0.717, 1.165) is 0 Å². The van der Waals surface area contributed by atoms with Crippen molar-refractivity contribution in [3.63, 3.8) is 0 Å². The number of nitrogens with two attached hydrogens (primary N) is 2. The van der Waals surface area contributed by atoms with Crippen LogP contribution in [-0.2, 0) is 14.4 Å². The molecule has 0 aliphatic heterocycles. The normalized spacial score (nSPS) is 12.3. The highest BCUT2D eigenvalue weighted by molar-refractivity contribution is 5.94. The lowest BCUT2D eigenvalue weighted by molar-refractivity contribution is -0.117. The monoisotopic (exact) mass is 256 g/mol. The van der Waals surface area contributed by atoms with E-state index in [0.29, 0.717) is 0 Å². The van der Waals surface area contributed by atoms with Crippen molar-refractivity contribution >= 4 is 17.6 Å². The molecule has 0 bridgehead atoms. The minimum Gasteiger partial charge on any atom is -0.391 e. The quantitative estimate of drug-likeness (QED) is 0.376. The van der Waals surface area contributed by atoms with Crippen molar-refractivity contribution in [2.45, 2.75) is 12.8 Å². The van der Waals surface area contributed by atoms with Gasteiger partial charge in [0.15, 0.2) is 0 Å². The third-order valence-corrected chi connectivity index (χ3v) is 2.13. The molecule has 0 aromatic heterocycles. The highest BCUT2D eigenvalue weighted by Crippen LogP contribution is 2.01. The first-order valence-corrected chi connectivity index (χ1v) is 5.13. The molecule has 7 nitrogen and oxygen atoms in total. The van der Waals surface area contributed by atoms with E-state index in [1.54, 1.807) is 0 Å². The number of aliphatic hydroxyl groups excluding tert-OH is 2. The molecule has 0 radical (unpaired) electrons. The summed E-state index contributed by atoms with van der Waals surface area (Å²) < 4.78 is 0. The van der Waals surface area contributed by atoms with Crippen LogP contribution in [0, 0.1) is 0 Å². The van der Waals surface area contributed by atoms with Crippen molar-refractivity contribution < 1.29 is 24.6 Å². The van der Waals surface area contributed by atoms with E-state index < -0.39 is 25.0 Å². The lowest BCUT2D eigenvalue weighted by Gasteiger charge is -1.99. The number of hydrogen-bond donors (Lipinski definition) is 4. The van der Waals surface area contributed by atoms with Crippen LogP contribution in [-0.4, -0.2) is 41.0 Å². The Bertz CT molecular complexity index is 362. The standard InChI is InChI=1S/C11H16N2O5/c12-10(17)7(5-14)1-3-9(16)4-2-8(6-15)11(13)18/h1-2,14-15H,3-6H2,(H2,12,17)(H2,13,18). The van der Waals surface area contributed by atoms with Gasteiger partial charge in [0.1, 0.15) is 5.78 Å². The van der Waals surface area contributed by atoms with Gasteiger partial charge in [-0.25, -0.2) is 0 Å². The molecule has 18 heavy (non-hydrogen) atoms. The number of allylic oxidation sites excluding steroid dienone is 2. The fourth-order valence-electron chi connectivity index (χ4n) is 1.04. The van der Waals surface area contributed by atoms with Gasteiger partial charge in [0.25, 0.3) is 0 Å². The van der Waals surface area contributed by atoms with E-state index in [1.165, 1.54) is 12.2 Å². The summed E-state index contributed by atoms with van der Waals surface area (Å²) in [6, 6.07) is 0. The van der Waals surface area contributed by atoms with Crippen molar-refractivity contribution in [2.75, 3.05) is 13.2 Å². The Morgan fingerprint density at radius 2 is 1.17 bits per heavy atom. The number of ketones is 1. The van der Waals surface area contributed by atoms with Crippen LogP contribution < -0.4 is 11.5 Å². The number of Topliss-reactive ketones (excluding diaryl/α,β-unsaturated/α-hetero) is 1. The van der Waals surface area contributed by atoms with Crippen molar-refractivity contribution in [1.82, 2.24) is 0 Å². The third kappa shape index (κ3) is 5.92. The summed E-state index contributed by atoms with van der Waals surface area (Å²) in [5, 5.41) is 17.5. The molecule has 100 valence electrons. The number of primary amides is 2. The molecule has 6 N–H and O–H groups in total. The highest BCUT2D eigenvalue weighted by atomic mass is 16.3. The summed E-state index contributed by atoms with van der Waals surface area (Å²) >= 11 is 0. The van der Waals surface area contributed by atoms with Gasteiger partial charge in [-0.3, -0.25) is 14.4 Å². The van der Waals surface area contributed by atoms with E-state index in [1.807, 2.05) is 0 Å². The van der Waals surface area contributed by atoms with Crippen LogP contribution in [0.5, 0.6) is 0 Å². The number of carbonyl (C=O) groups excluding carboxylic acids is 3. The van der Waals surface area contributed by atoms with Gasteiger partial charge in [0.05, 0.1) is 13.2 Å². The summed E-state index contributed by atoms with van der Waals surface area (Å²) in [5.74, 6) is -1.91. The minimum atomic E-state index is -0.797. The SMILES string of the molecule is NC(=O)C(=CCC(=O)CC=C(CO)C(N)=O)CO. The van der Waals surface area contributed by atoms with Crippen LogP contribution >= 0.6 is 0 Å². The largest absolute Gasteiger partial charge is 0.391 e. The molecule has 0 spiro atoms. The van der Waals surface area contributed by atoms with Gasteiger partial charge in [0, 0.05) is 24.0 Å². The number of hydrogen-bond acceptors (Lipinski definition) is 5. The third-order valence-electron chi connectivity index (χ3n) is 2.13. The Hall–Kier alpha value is -1.99. The van der Waals surface area contributed by atoms with E-state index in [-0.39, 0.29) is 29.8 Å². The summed E-state index contributed by atoms with van der Waals surface area (Å²) in [7, 11) is 0. The maximum Gasteiger partial charge on any atom is 0.246 e. The number of aliphatic hydroxyl groups is 2. The fourth-order valence-corrected chi connectivity index (χ4v) is 1.04. The molecular formula is C11H16N2O5. The molecular weight excluding hydrogens is 240 g/mol. The lowest BCUT2D eigenvalue weighted by atomic mass is 10.1. The van der Waals surface area contributed by atoms with Crippen molar-refractivity contribution in [3.8, 4) is 0 Å². The van der Waals surface area contributed by atoms with Gasteiger partial charge < -0.3 is 21.7 Å². The van der Waals surface area contributed by atoms with Gasteiger partial charge in [-0.15, -0.1) is 0 Å². The predicted octanol–water partition coefficient (Wildman–Crippen LogP) is -1.86. The maximum absolute atomic E-state index is 11.4. The first-order valence-electron chi connectivity index (χ1n) is 5.13. The predicted molar refractivity (Wildman–Crippen MR) is 63.0 cm³/mol. The van der Waals surface area contributed by atoms with Crippen molar-refractivity contribution in [3.05, 3.63) is 23.3 Å². The molecule has 0 aromatic carbocycles. The second-order valence-corrected chi connectivity index (χ2v) is 3.45. The zero-order valence-corrected chi connectivity index (χ0v) is 9.76. The van der Waals surface area contributed by atoms with Crippen LogP contribution in [0.25, 0.3) is 0 Å². The molecule has 0 saturated heterocycles. The molecule has 0 unspecified atom stereocenters. The van der Waals surface area contributed by atoms with Gasteiger partial charge in [-0.05, 0) is 0 Å². The van der Waals surface area contributed by atoms with E-state index in [2.05, 4.69) is 0 Å². The Morgan fingerprint density at radius 3 is 1.39 bits per heavy atom. The Balaban J connectivity index is 4.45. The van der Waals surface area contributed by atoms with Crippen LogP contribution in [0.4, 0.5) is 0 Å². The van der Waals surface area contributed by atoms with Crippen molar-refractivity contribution in [2.24, 2.45) is 11.5 Å². The molecule has 7 heteroatoms. The second-order valence-electron chi connectivity index (χ2n) is 3.45. The average molecular weight is 256 g/mol. The zero-order chi connectivity index (χ0) is 14.1. The van der Waals surface area contributed by atoms with Crippen LogP contribution in [0.2, 0.25) is 0 Å². The second kappa shape index (κ2) is 8.15. The summed E-state index contributed by atoms with van der Waals surface area (Å²) in [5.41, 5.74) is 9.76. The summed E-state index contributed by atoms with van der Waals surface area (Å²) in [4.78, 5) is 32.8. The topological polar surface area (TPSA) is 144 Å². The minimum absolute atomic E-state index is 0.0513. The highest BCUT2D eigenvalue weighted by Gasteiger charge is 2.06. The molecule has 0 aromatic rings. The molecule has 0 heterocycles. The smallest absolute Gasteiger partial charge is 0.246 e. The van der Waals surface area contributed by atoms with E-state index in [9.17, 15) is 14.4 Å². The van der Waals surface area contributed by atoms with Gasteiger partial charge in [0.2, 0.25) is 11.8 Å². The van der Waals surface area contributed by atoms with E-state index >= 15 is 0 Å². The Kier molecular flexibility index (Phi) is 7.25. The van der Waals surface area contributed by atoms with Crippen LogP contribution in [0.3, 0.4) is 0 Å². The lowest BCUT2D eigenvalue weighted by Crippen LogP contribution is -2.17. The zero-order valence-electron chi connectivity index (χ0n) is 9.76. The first kappa shape index (κ1) is 16.0. The summed E-state index contributed by atoms with van der Waals surface area (Å²) in [6.07, 6.45) is 2.24. The van der Waals surface area contributed by atoms with Crippen LogP contribution in [0.15, 0.2) is 23.3 Å². The number of rotatable bonds is 8. The fraction of sp³-hybridized carbons (Fsp3) is 0.364. The van der Waals surface area contributed by atoms with Crippen LogP contribution in [0.1, 0.15) is 12.8 Å². The summed E-state index contributed by atoms with van der Waals surface area (Å²) in [6.45, 7) is -1.08. The van der Waals surface area contributed by atoms with Gasteiger partial charge in [-0.2, -0.15) is 0 Å². The molecule has 0 aliphatic rings. The van der Waals surface area contributed by atoms with Crippen molar-refractivity contribution in [1.29, 1.82) is 0 Å². The molecule has 0 fully saturated rings.